The van der Waals surface area contributed by atoms with Crippen molar-refractivity contribution in [3.63, 3.8) is 0 Å². The van der Waals surface area contributed by atoms with Crippen molar-refractivity contribution in [3.8, 4) is 16.9 Å². The number of ether oxygens (including phenoxy) is 1. The highest BCUT2D eigenvalue weighted by Crippen LogP contribution is 2.37. The van der Waals surface area contributed by atoms with Gasteiger partial charge in [0, 0.05) is 28.8 Å². The first-order chi connectivity index (χ1) is 11.5. The molecule has 0 aliphatic rings. The zero-order chi connectivity index (χ0) is 18.4. The summed E-state index contributed by atoms with van der Waals surface area (Å²) in [4.78, 5) is 3.94. The number of imidazole rings is 1. The molecule has 3 rings (SSSR count). The van der Waals surface area contributed by atoms with Gasteiger partial charge in [-0.2, -0.15) is 8.78 Å². The molecule has 3 nitrogen and oxygen atoms in total. The van der Waals surface area contributed by atoms with Gasteiger partial charge >= 0.3 is 3.93 Å². The van der Waals surface area contributed by atoms with E-state index in [1.165, 1.54) is 4.40 Å². The van der Waals surface area contributed by atoms with E-state index in [9.17, 15) is 8.78 Å². The van der Waals surface area contributed by atoms with Crippen molar-refractivity contribution in [2.45, 2.75) is 23.3 Å². The third-order valence-corrected chi connectivity index (χ3v) is 4.48. The van der Waals surface area contributed by atoms with E-state index in [0.717, 1.165) is 33.7 Å². The summed E-state index contributed by atoms with van der Waals surface area (Å²) in [5.41, 5.74) is 1.47. The Morgan fingerprint density at radius 3 is 2.28 bits per heavy atom. The van der Waals surface area contributed by atoms with Gasteiger partial charge in [-0.1, -0.05) is 18.2 Å². The minimum atomic E-state index is -3.07. The Morgan fingerprint density at radius 1 is 1.12 bits per heavy atom. The fraction of sp³-hybridized carbons (Fsp3) is 0.235. The zero-order valence-corrected chi connectivity index (χ0v) is 17.2. The summed E-state index contributed by atoms with van der Waals surface area (Å²) < 4.78 is 31.9. The lowest BCUT2D eigenvalue weighted by molar-refractivity contribution is 0.116. The summed E-state index contributed by atoms with van der Waals surface area (Å²) >= 11 is 4.31. The third kappa shape index (κ3) is 4.16. The first-order valence-electron chi connectivity index (χ1n) is 7.38. The van der Waals surface area contributed by atoms with Crippen LogP contribution in [-0.4, -0.2) is 22.7 Å². The minimum Gasteiger partial charge on any atom is -0.498 e. The molecule has 0 fully saturated rings. The van der Waals surface area contributed by atoms with Crippen LogP contribution < -0.4 is 4.74 Å². The van der Waals surface area contributed by atoms with Crippen LogP contribution in [0.25, 0.3) is 16.6 Å². The largest absolute Gasteiger partial charge is 0.498 e. The molecule has 3 aromatic rings. The quantitative estimate of drug-likeness (QED) is 0.259. The van der Waals surface area contributed by atoms with E-state index in [2.05, 4.69) is 20.9 Å². The van der Waals surface area contributed by atoms with Crippen molar-refractivity contribution in [1.29, 1.82) is 0 Å². The topological polar surface area (TPSA) is 26.5 Å². The molecular formula is C17H13BBrF2IN2O. The highest BCUT2D eigenvalue weighted by Gasteiger charge is 2.33. The Bertz CT molecular complexity index is 917. The maximum atomic E-state index is 13.8. The number of aromatic nitrogens is 2. The monoisotopic (exact) mass is 516 g/mol. The molecule has 2 radical (unpaired) electrons. The number of rotatable bonds is 4. The van der Waals surface area contributed by atoms with Crippen molar-refractivity contribution in [1.82, 2.24) is 9.38 Å². The number of hydrogen-bond donors (Lipinski definition) is 0. The molecule has 0 saturated heterocycles. The van der Waals surface area contributed by atoms with Crippen molar-refractivity contribution >= 4 is 51.9 Å². The summed E-state index contributed by atoms with van der Waals surface area (Å²) in [6, 6.07) is 10.9. The average molecular weight is 517 g/mol. The van der Waals surface area contributed by atoms with E-state index in [0.29, 0.717) is 15.9 Å². The Morgan fingerprint density at radius 2 is 1.72 bits per heavy atom. The van der Waals surface area contributed by atoms with Crippen LogP contribution >= 0.6 is 38.5 Å². The van der Waals surface area contributed by atoms with Crippen molar-refractivity contribution < 1.29 is 13.5 Å². The number of hydrogen-bond acceptors (Lipinski definition) is 2. The average Bonchev–Trinajstić information content (AvgIpc) is 2.83. The van der Waals surface area contributed by atoms with Crippen LogP contribution in [0.2, 0.25) is 0 Å². The van der Waals surface area contributed by atoms with Crippen molar-refractivity contribution in [2.24, 2.45) is 0 Å². The lowest BCUT2D eigenvalue weighted by atomic mass is 9.86. The summed E-state index contributed by atoms with van der Waals surface area (Å²) in [5, 5.41) is 0. The molecule has 0 aliphatic carbocycles. The molecule has 8 heteroatoms. The molecule has 128 valence electrons. The normalized spacial score (nSPS) is 12.6. The van der Waals surface area contributed by atoms with Crippen LogP contribution in [0, 0.1) is 0 Å². The van der Waals surface area contributed by atoms with Gasteiger partial charge in [-0.3, -0.25) is 4.40 Å². The maximum Gasteiger partial charge on any atom is 0.353 e. The molecule has 2 heterocycles. The molecule has 0 saturated carbocycles. The standard InChI is InChI=1S/C17H13BBrF2IN2O/c1-16(2,18)25-12-6-3-10(4-7-12)11-5-8-13-14(19)23-15(17(20,21)22)24(13)9-11/h3-9H,1-2H3. The van der Waals surface area contributed by atoms with Crippen LogP contribution in [0.15, 0.2) is 47.2 Å². The number of pyridine rings is 1. The lowest BCUT2D eigenvalue weighted by Gasteiger charge is -2.22. The third-order valence-electron chi connectivity index (χ3n) is 3.41. The van der Waals surface area contributed by atoms with Crippen LogP contribution in [0.5, 0.6) is 5.75 Å². The molecule has 0 N–H and O–H groups in total. The molecule has 0 spiro atoms. The van der Waals surface area contributed by atoms with E-state index in [1.54, 1.807) is 38.2 Å². The van der Waals surface area contributed by atoms with E-state index in [4.69, 9.17) is 12.6 Å². The minimum absolute atomic E-state index is 0.318. The predicted molar refractivity (Wildman–Crippen MR) is 107 cm³/mol. The van der Waals surface area contributed by atoms with Gasteiger partial charge < -0.3 is 4.74 Å². The van der Waals surface area contributed by atoms with E-state index in [-0.39, 0.29) is 5.82 Å². The van der Waals surface area contributed by atoms with Crippen molar-refractivity contribution in [2.75, 3.05) is 0 Å². The molecule has 0 aliphatic heterocycles. The SMILES string of the molecule is [B]C(C)(C)Oc1ccc(-c2ccc3c(Br)nc(C(F)(F)I)n3c2)cc1. The van der Waals surface area contributed by atoms with Gasteiger partial charge in [0.05, 0.1) is 11.0 Å². The molecule has 0 unspecified atom stereocenters. The number of nitrogens with zero attached hydrogens (tertiary/aromatic N) is 2. The molecule has 0 amide bonds. The van der Waals surface area contributed by atoms with Crippen LogP contribution in [0.3, 0.4) is 0 Å². The number of fused-ring (bicyclic) bond motifs is 1. The van der Waals surface area contributed by atoms with Crippen LogP contribution in [-0.2, 0) is 3.93 Å². The summed E-state index contributed by atoms with van der Waals surface area (Å²) in [7, 11) is 5.83. The zero-order valence-electron chi connectivity index (χ0n) is 13.4. The number of halogens is 4. The van der Waals surface area contributed by atoms with Gasteiger partial charge in [0.25, 0.3) is 0 Å². The summed E-state index contributed by atoms with van der Waals surface area (Å²) in [5.74, 6) is 0.323. The molecule has 1 aromatic carbocycles. The Kier molecular flexibility index (Phi) is 4.87. The lowest BCUT2D eigenvalue weighted by Crippen LogP contribution is -2.27. The molecule has 0 bridgehead atoms. The van der Waals surface area contributed by atoms with Gasteiger partial charge in [0.1, 0.15) is 18.2 Å². The molecule has 2 aromatic heterocycles. The fourth-order valence-electron chi connectivity index (χ4n) is 2.44. The highest BCUT2D eigenvalue weighted by molar-refractivity contribution is 14.1. The Hall–Kier alpha value is -1.16. The van der Waals surface area contributed by atoms with E-state index >= 15 is 0 Å². The molecule has 25 heavy (non-hydrogen) atoms. The first-order valence-corrected chi connectivity index (χ1v) is 9.25. The van der Waals surface area contributed by atoms with Gasteiger partial charge in [0.15, 0.2) is 5.82 Å². The Labute approximate surface area is 167 Å². The first kappa shape index (κ1) is 18.6. The smallest absolute Gasteiger partial charge is 0.353 e. The van der Waals surface area contributed by atoms with Gasteiger partial charge in [-0.15, -0.1) is 0 Å². The van der Waals surface area contributed by atoms with E-state index < -0.39 is 9.43 Å². The van der Waals surface area contributed by atoms with Gasteiger partial charge in [-0.25, -0.2) is 4.98 Å². The fourth-order valence-corrected chi connectivity index (χ4v) is 3.31. The second kappa shape index (κ2) is 6.53. The van der Waals surface area contributed by atoms with Crippen LogP contribution in [0.4, 0.5) is 8.78 Å². The molecule has 0 atom stereocenters. The van der Waals surface area contributed by atoms with Gasteiger partial charge in [0.2, 0.25) is 0 Å². The maximum absolute atomic E-state index is 13.8. The van der Waals surface area contributed by atoms with Gasteiger partial charge in [-0.05, 0) is 59.1 Å². The Balaban J connectivity index is 2.02. The second-order valence-corrected chi connectivity index (χ2v) is 8.23. The van der Waals surface area contributed by atoms with Crippen LogP contribution in [0.1, 0.15) is 19.7 Å². The highest BCUT2D eigenvalue weighted by atomic mass is 127. The van der Waals surface area contributed by atoms with E-state index in [1.807, 2.05) is 18.2 Å². The molecular weight excluding hydrogens is 504 g/mol. The van der Waals surface area contributed by atoms with Crippen molar-refractivity contribution in [3.05, 3.63) is 53.0 Å². The summed E-state index contributed by atoms with van der Waals surface area (Å²) in [6.45, 7) is 3.52. The predicted octanol–water partition coefficient (Wildman–Crippen LogP) is 5.53. The number of alkyl halides is 3. The summed E-state index contributed by atoms with van der Waals surface area (Å²) in [6.07, 6.45) is 1.65. The second-order valence-electron chi connectivity index (χ2n) is 6.13. The number of benzene rings is 1.